The largest absolute Gasteiger partial charge is 0.399 e. The van der Waals surface area contributed by atoms with Crippen LogP contribution in [0.2, 0.25) is 0 Å². The van der Waals surface area contributed by atoms with Crippen molar-refractivity contribution in [2.45, 2.75) is 26.3 Å². The maximum absolute atomic E-state index is 12.6. The molecule has 2 aromatic rings. The number of anilines is 2. The average molecular weight is 256 g/mol. The van der Waals surface area contributed by atoms with Gasteiger partial charge >= 0.3 is 0 Å². The van der Waals surface area contributed by atoms with Crippen LogP contribution >= 0.6 is 0 Å². The van der Waals surface area contributed by atoms with Gasteiger partial charge in [0.15, 0.2) is 0 Å². The number of aryl methyl sites for hydroxylation is 1. The second-order valence-corrected chi connectivity index (χ2v) is 5.03. The minimum atomic E-state index is -0.0118. The minimum Gasteiger partial charge on any atom is -0.399 e. The Kier molecular flexibility index (Phi) is 2.55. The van der Waals surface area contributed by atoms with Gasteiger partial charge in [0.2, 0.25) is 0 Å². The normalized spacial score (nSPS) is 17.6. The molecular formula is C14H16N4O. The van der Waals surface area contributed by atoms with Crippen LogP contribution < -0.4 is 10.6 Å². The number of hydrogen-bond donors (Lipinski definition) is 2. The van der Waals surface area contributed by atoms with E-state index in [1.54, 1.807) is 6.20 Å². The Morgan fingerprint density at radius 3 is 3.00 bits per heavy atom. The number of carbonyl (C=O) groups excluding carboxylic acids is 1. The molecular weight excluding hydrogens is 240 g/mol. The van der Waals surface area contributed by atoms with Gasteiger partial charge in [0.05, 0.1) is 11.8 Å². The lowest BCUT2D eigenvalue weighted by atomic mass is 10.1. The number of hydrogen-bond acceptors (Lipinski definition) is 3. The van der Waals surface area contributed by atoms with Gasteiger partial charge in [-0.05, 0) is 44.0 Å². The SMILES string of the molecule is Cc1[nH]ncc1C(=O)N1c2ccc(N)cc2CC1C. The standard InChI is InChI=1S/C14H16N4O/c1-8-5-10-6-11(15)3-4-13(10)18(8)14(19)12-7-16-17-9(12)2/h3-4,6-8H,5,15H2,1-2H3,(H,16,17). The second kappa shape index (κ2) is 4.12. The summed E-state index contributed by atoms with van der Waals surface area (Å²) in [5, 5.41) is 6.72. The Hall–Kier alpha value is -2.30. The van der Waals surface area contributed by atoms with Crippen LogP contribution in [0.5, 0.6) is 0 Å². The Morgan fingerprint density at radius 2 is 2.32 bits per heavy atom. The lowest BCUT2D eigenvalue weighted by Gasteiger charge is -2.22. The number of carbonyl (C=O) groups is 1. The van der Waals surface area contributed by atoms with Crippen LogP contribution in [-0.4, -0.2) is 22.1 Å². The molecule has 0 saturated carbocycles. The maximum Gasteiger partial charge on any atom is 0.261 e. The van der Waals surface area contributed by atoms with Crippen molar-refractivity contribution in [1.82, 2.24) is 10.2 Å². The van der Waals surface area contributed by atoms with E-state index < -0.39 is 0 Å². The molecule has 2 heterocycles. The van der Waals surface area contributed by atoms with E-state index in [2.05, 4.69) is 10.2 Å². The van der Waals surface area contributed by atoms with Gasteiger partial charge in [0.1, 0.15) is 0 Å². The van der Waals surface area contributed by atoms with Gasteiger partial charge in [0.25, 0.3) is 5.91 Å². The number of fused-ring (bicyclic) bond motifs is 1. The molecule has 1 amide bonds. The molecule has 0 aliphatic carbocycles. The van der Waals surface area contributed by atoms with Crippen LogP contribution in [0.1, 0.15) is 28.5 Å². The zero-order valence-corrected chi connectivity index (χ0v) is 11.0. The fourth-order valence-electron chi connectivity index (χ4n) is 2.66. The molecule has 1 aromatic heterocycles. The molecule has 1 atom stereocenters. The lowest BCUT2D eigenvalue weighted by Crippen LogP contribution is -2.35. The van der Waals surface area contributed by atoms with Crippen molar-refractivity contribution in [2.24, 2.45) is 0 Å². The van der Waals surface area contributed by atoms with E-state index in [1.807, 2.05) is 36.9 Å². The molecule has 3 N–H and O–H groups in total. The zero-order valence-electron chi connectivity index (χ0n) is 11.0. The number of H-pyrrole nitrogens is 1. The van der Waals surface area contributed by atoms with E-state index in [0.29, 0.717) is 5.56 Å². The Balaban J connectivity index is 2.03. The van der Waals surface area contributed by atoms with Crippen LogP contribution in [0.25, 0.3) is 0 Å². The average Bonchev–Trinajstić information content (AvgIpc) is 2.90. The number of benzene rings is 1. The number of amides is 1. The van der Waals surface area contributed by atoms with Crippen LogP contribution in [0, 0.1) is 6.92 Å². The molecule has 5 heteroatoms. The van der Waals surface area contributed by atoms with E-state index in [1.165, 1.54) is 0 Å². The van der Waals surface area contributed by atoms with Crippen molar-refractivity contribution in [2.75, 3.05) is 10.6 Å². The number of aromatic amines is 1. The Bertz CT molecular complexity index is 647. The molecule has 0 bridgehead atoms. The first kappa shape index (κ1) is 11.8. The maximum atomic E-state index is 12.6. The summed E-state index contributed by atoms with van der Waals surface area (Å²) in [6, 6.07) is 5.83. The van der Waals surface area contributed by atoms with Gasteiger partial charge in [-0.25, -0.2) is 0 Å². The highest BCUT2D eigenvalue weighted by Crippen LogP contribution is 2.34. The van der Waals surface area contributed by atoms with Crippen LogP contribution in [0.4, 0.5) is 11.4 Å². The first-order valence-electron chi connectivity index (χ1n) is 6.30. The molecule has 3 rings (SSSR count). The van der Waals surface area contributed by atoms with Crippen molar-refractivity contribution in [1.29, 1.82) is 0 Å². The number of aromatic nitrogens is 2. The van der Waals surface area contributed by atoms with Crippen LogP contribution in [-0.2, 0) is 6.42 Å². The highest BCUT2D eigenvalue weighted by Gasteiger charge is 2.32. The zero-order chi connectivity index (χ0) is 13.6. The summed E-state index contributed by atoms with van der Waals surface area (Å²) < 4.78 is 0. The van der Waals surface area contributed by atoms with Gasteiger partial charge in [0, 0.05) is 23.1 Å². The number of nitrogens with one attached hydrogen (secondary N) is 1. The number of nitrogen functional groups attached to an aromatic ring is 1. The molecule has 1 aromatic carbocycles. The summed E-state index contributed by atoms with van der Waals surface area (Å²) >= 11 is 0. The molecule has 0 spiro atoms. The van der Waals surface area contributed by atoms with Crippen molar-refractivity contribution in [3.05, 3.63) is 41.2 Å². The Morgan fingerprint density at radius 1 is 1.53 bits per heavy atom. The van der Waals surface area contributed by atoms with Gasteiger partial charge < -0.3 is 10.6 Å². The van der Waals surface area contributed by atoms with E-state index in [0.717, 1.165) is 29.1 Å². The van der Waals surface area contributed by atoms with Crippen LogP contribution in [0.15, 0.2) is 24.4 Å². The second-order valence-electron chi connectivity index (χ2n) is 5.03. The highest BCUT2D eigenvalue weighted by atomic mass is 16.2. The smallest absolute Gasteiger partial charge is 0.261 e. The van der Waals surface area contributed by atoms with Gasteiger partial charge in [-0.3, -0.25) is 9.89 Å². The van der Waals surface area contributed by atoms with Crippen molar-refractivity contribution < 1.29 is 4.79 Å². The summed E-state index contributed by atoms with van der Waals surface area (Å²) in [7, 11) is 0. The molecule has 1 unspecified atom stereocenters. The molecule has 0 fully saturated rings. The summed E-state index contributed by atoms with van der Waals surface area (Å²) in [6.45, 7) is 3.90. The fourth-order valence-corrected chi connectivity index (χ4v) is 2.66. The van der Waals surface area contributed by atoms with Crippen molar-refractivity contribution in [3.8, 4) is 0 Å². The molecule has 98 valence electrons. The molecule has 0 saturated heterocycles. The molecule has 1 aliphatic rings. The van der Waals surface area contributed by atoms with E-state index >= 15 is 0 Å². The van der Waals surface area contributed by atoms with Gasteiger partial charge in [-0.15, -0.1) is 0 Å². The minimum absolute atomic E-state index is 0.0118. The third kappa shape index (κ3) is 1.78. The number of nitrogens with two attached hydrogens (primary N) is 1. The van der Waals surface area contributed by atoms with Gasteiger partial charge in [-0.1, -0.05) is 0 Å². The number of nitrogens with zero attached hydrogens (tertiary/aromatic N) is 2. The van der Waals surface area contributed by atoms with Gasteiger partial charge in [-0.2, -0.15) is 5.10 Å². The molecule has 0 radical (unpaired) electrons. The fraction of sp³-hybridized carbons (Fsp3) is 0.286. The van der Waals surface area contributed by atoms with Crippen LogP contribution in [0.3, 0.4) is 0 Å². The van der Waals surface area contributed by atoms with Crippen molar-refractivity contribution in [3.63, 3.8) is 0 Å². The topological polar surface area (TPSA) is 75.0 Å². The quantitative estimate of drug-likeness (QED) is 0.765. The van der Waals surface area contributed by atoms with Crippen molar-refractivity contribution >= 4 is 17.3 Å². The summed E-state index contributed by atoms with van der Waals surface area (Å²) in [4.78, 5) is 14.4. The first-order valence-corrected chi connectivity index (χ1v) is 6.30. The highest BCUT2D eigenvalue weighted by molar-refractivity contribution is 6.08. The number of rotatable bonds is 1. The first-order chi connectivity index (χ1) is 9.08. The van der Waals surface area contributed by atoms with E-state index in [4.69, 9.17) is 5.73 Å². The lowest BCUT2D eigenvalue weighted by molar-refractivity contribution is 0.0981. The third-order valence-corrected chi connectivity index (χ3v) is 3.60. The summed E-state index contributed by atoms with van der Waals surface area (Å²) in [5.41, 5.74) is 10.0. The monoisotopic (exact) mass is 256 g/mol. The summed E-state index contributed by atoms with van der Waals surface area (Å²) in [5.74, 6) is -0.0118. The third-order valence-electron chi connectivity index (χ3n) is 3.60. The predicted octanol–water partition coefficient (Wildman–Crippen LogP) is 1.89. The molecule has 19 heavy (non-hydrogen) atoms. The molecule has 5 nitrogen and oxygen atoms in total. The van der Waals surface area contributed by atoms with E-state index in [-0.39, 0.29) is 11.9 Å². The summed E-state index contributed by atoms with van der Waals surface area (Å²) in [6.07, 6.45) is 2.42. The molecule has 1 aliphatic heterocycles. The Labute approximate surface area is 111 Å². The van der Waals surface area contributed by atoms with E-state index in [9.17, 15) is 4.79 Å². The predicted molar refractivity (Wildman–Crippen MR) is 74.2 cm³/mol.